The van der Waals surface area contributed by atoms with Crippen LogP contribution in [0.1, 0.15) is 6.42 Å². The molecule has 0 saturated carbocycles. The van der Waals surface area contributed by atoms with Gasteiger partial charge < -0.3 is 5.11 Å². The Morgan fingerprint density at radius 1 is 1.73 bits per heavy atom. The summed E-state index contributed by atoms with van der Waals surface area (Å²) < 4.78 is 2.45. The van der Waals surface area contributed by atoms with Gasteiger partial charge in [-0.2, -0.15) is 5.10 Å². The van der Waals surface area contributed by atoms with E-state index in [1.807, 2.05) is 0 Å². The van der Waals surface area contributed by atoms with Crippen molar-refractivity contribution in [2.24, 2.45) is 13.0 Å². The molecule has 0 unspecified atom stereocenters. The Bertz CT molecular complexity index is 391. The quantitative estimate of drug-likeness (QED) is 0.855. The van der Waals surface area contributed by atoms with Crippen molar-refractivity contribution in [3.05, 3.63) is 10.7 Å². The Hall–Kier alpha value is -0.880. The summed E-state index contributed by atoms with van der Waals surface area (Å²) in [5.41, 5.74) is 0. The highest BCUT2D eigenvalue weighted by atomic mass is 79.9. The van der Waals surface area contributed by atoms with Crippen LogP contribution in [0.4, 0.5) is 5.82 Å². The van der Waals surface area contributed by atoms with E-state index in [2.05, 4.69) is 21.0 Å². The van der Waals surface area contributed by atoms with E-state index < -0.39 is 0 Å². The Balaban J connectivity index is 2.25. The van der Waals surface area contributed by atoms with Crippen LogP contribution in [-0.4, -0.2) is 33.9 Å². The van der Waals surface area contributed by atoms with Crippen molar-refractivity contribution < 1.29 is 9.90 Å². The molecule has 0 aliphatic carbocycles. The summed E-state index contributed by atoms with van der Waals surface area (Å²) in [6.07, 6.45) is 2.20. The van der Waals surface area contributed by atoms with Gasteiger partial charge in [0.05, 0.1) is 4.47 Å². The number of aromatic nitrogens is 2. The first kappa shape index (κ1) is 10.6. The summed E-state index contributed by atoms with van der Waals surface area (Å²) in [4.78, 5) is 13.3. The molecule has 0 spiro atoms. The summed E-state index contributed by atoms with van der Waals surface area (Å²) in [5, 5.41) is 13.2. The first-order valence-corrected chi connectivity index (χ1v) is 5.51. The standard InChI is InChI=1S/C9H12BrN3O2/c1-12-4-7(10)9(11-12)13-3-6(5-14)2-8(13)15/h4,6,14H,2-3,5H2,1H3/t6-/m1/s1. The number of aliphatic hydroxyl groups excluding tert-OH is 1. The van der Waals surface area contributed by atoms with Gasteiger partial charge in [-0.1, -0.05) is 0 Å². The van der Waals surface area contributed by atoms with E-state index in [1.54, 1.807) is 22.8 Å². The van der Waals surface area contributed by atoms with Crippen LogP contribution in [0.3, 0.4) is 0 Å². The molecular weight excluding hydrogens is 262 g/mol. The molecule has 15 heavy (non-hydrogen) atoms. The lowest BCUT2D eigenvalue weighted by Crippen LogP contribution is -2.25. The van der Waals surface area contributed by atoms with Crippen LogP contribution in [0.5, 0.6) is 0 Å². The molecule has 1 atom stereocenters. The Labute approximate surface area is 95.8 Å². The predicted molar refractivity (Wildman–Crippen MR) is 58.5 cm³/mol. The molecule has 0 radical (unpaired) electrons. The highest BCUT2D eigenvalue weighted by Gasteiger charge is 2.32. The van der Waals surface area contributed by atoms with Crippen molar-refractivity contribution in [2.45, 2.75) is 6.42 Å². The zero-order chi connectivity index (χ0) is 11.0. The second-order valence-corrected chi connectivity index (χ2v) is 4.59. The van der Waals surface area contributed by atoms with Gasteiger partial charge >= 0.3 is 0 Å². The molecule has 2 rings (SSSR count). The molecule has 5 nitrogen and oxygen atoms in total. The van der Waals surface area contributed by atoms with Crippen LogP contribution < -0.4 is 4.90 Å². The molecule has 1 fully saturated rings. The smallest absolute Gasteiger partial charge is 0.228 e. The van der Waals surface area contributed by atoms with Gasteiger partial charge in [-0.15, -0.1) is 0 Å². The molecule has 1 aromatic heterocycles. The number of rotatable bonds is 2. The molecule has 2 heterocycles. The summed E-state index contributed by atoms with van der Waals surface area (Å²) >= 11 is 3.36. The van der Waals surface area contributed by atoms with Gasteiger partial charge in [0.15, 0.2) is 5.82 Å². The predicted octanol–water partition coefficient (Wildman–Crippen LogP) is 0.528. The molecule has 1 aromatic rings. The minimum absolute atomic E-state index is 0.0217. The van der Waals surface area contributed by atoms with Crippen LogP contribution in [0.25, 0.3) is 0 Å². The van der Waals surface area contributed by atoms with E-state index in [0.717, 1.165) is 4.47 Å². The van der Waals surface area contributed by atoms with Gasteiger partial charge in [0.1, 0.15) is 0 Å². The van der Waals surface area contributed by atoms with Crippen molar-refractivity contribution in [3.63, 3.8) is 0 Å². The molecule has 6 heteroatoms. The normalized spacial score (nSPS) is 21.4. The van der Waals surface area contributed by atoms with Crippen LogP contribution in [0.2, 0.25) is 0 Å². The number of nitrogens with zero attached hydrogens (tertiary/aromatic N) is 3. The first-order valence-electron chi connectivity index (χ1n) is 4.72. The molecule has 1 aliphatic rings. The fourth-order valence-corrected chi connectivity index (χ4v) is 2.33. The highest BCUT2D eigenvalue weighted by molar-refractivity contribution is 9.10. The molecule has 1 amide bonds. The SMILES string of the molecule is Cn1cc(Br)c(N2C[C@H](CO)CC2=O)n1. The molecule has 1 aliphatic heterocycles. The van der Waals surface area contributed by atoms with Gasteiger partial charge in [-0.3, -0.25) is 14.4 Å². The van der Waals surface area contributed by atoms with E-state index in [1.165, 1.54) is 0 Å². The van der Waals surface area contributed by atoms with E-state index in [9.17, 15) is 4.79 Å². The zero-order valence-electron chi connectivity index (χ0n) is 8.35. The van der Waals surface area contributed by atoms with Gasteiger partial charge in [-0.05, 0) is 15.9 Å². The number of aryl methyl sites for hydroxylation is 1. The van der Waals surface area contributed by atoms with Crippen LogP contribution in [0.15, 0.2) is 10.7 Å². The van der Waals surface area contributed by atoms with E-state index in [0.29, 0.717) is 18.8 Å². The van der Waals surface area contributed by atoms with Crippen molar-refractivity contribution in [1.82, 2.24) is 9.78 Å². The Morgan fingerprint density at radius 3 is 2.93 bits per heavy atom. The van der Waals surface area contributed by atoms with Gasteiger partial charge in [0.25, 0.3) is 0 Å². The van der Waals surface area contributed by atoms with Crippen LogP contribution in [0, 0.1) is 5.92 Å². The fourth-order valence-electron chi connectivity index (χ4n) is 1.74. The van der Waals surface area contributed by atoms with Gasteiger partial charge in [0, 0.05) is 38.7 Å². The summed E-state index contributed by atoms with van der Waals surface area (Å²) in [6.45, 7) is 0.595. The van der Waals surface area contributed by atoms with E-state index in [4.69, 9.17) is 5.11 Å². The van der Waals surface area contributed by atoms with E-state index >= 15 is 0 Å². The fraction of sp³-hybridized carbons (Fsp3) is 0.556. The van der Waals surface area contributed by atoms with Gasteiger partial charge in [-0.25, -0.2) is 0 Å². The number of hydrogen-bond donors (Lipinski definition) is 1. The summed E-state index contributed by atoms with van der Waals surface area (Å²) in [6, 6.07) is 0. The third kappa shape index (κ3) is 1.91. The van der Waals surface area contributed by atoms with Crippen LogP contribution in [-0.2, 0) is 11.8 Å². The maximum absolute atomic E-state index is 11.7. The van der Waals surface area contributed by atoms with Crippen molar-refractivity contribution in [3.8, 4) is 0 Å². The lowest BCUT2D eigenvalue weighted by atomic mass is 10.1. The maximum Gasteiger partial charge on any atom is 0.228 e. The van der Waals surface area contributed by atoms with Crippen molar-refractivity contribution in [1.29, 1.82) is 0 Å². The largest absolute Gasteiger partial charge is 0.396 e. The average Bonchev–Trinajstić information content (AvgIpc) is 2.69. The number of halogens is 1. The Morgan fingerprint density at radius 2 is 2.47 bits per heavy atom. The number of carbonyl (C=O) groups is 1. The third-order valence-electron chi connectivity index (χ3n) is 2.49. The minimum atomic E-state index is 0.0217. The lowest BCUT2D eigenvalue weighted by molar-refractivity contribution is -0.117. The van der Waals surface area contributed by atoms with Crippen molar-refractivity contribution >= 4 is 27.7 Å². The molecule has 0 aromatic carbocycles. The number of anilines is 1. The molecule has 82 valence electrons. The number of aliphatic hydroxyl groups is 1. The monoisotopic (exact) mass is 273 g/mol. The van der Waals surface area contributed by atoms with E-state index in [-0.39, 0.29) is 18.4 Å². The summed E-state index contributed by atoms with van der Waals surface area (Å²) in [5.74, 6) is 0.693. The summed E-state index contributed by atoms with van der Waals surface area (Å²) in [7, 11) is 1.80. The minimum Gasteiger partial charge on any atom is -0.396 e. The highest BCUT2D eigenvalue weighted by Crippen LogP contribution is 2.29. The first-order chi connectivity index (χ1) is 7.11. The molecule has 1 N–H and O–H groups in total. The lowest BCUT2D eigenvalue weighted by Gasteiger charge is -2.13. The van der Waals surface area contributed by atoms with Crippen LogP contribution >= 0.6 is 15.9 Å². The maximum atomic E-state index is 11.7. The van der Waals surface area contributed by atoms with Gasteiger partial charge in [0.2, 0.25) is 5.91 Å². The average molecular weight is 274 g/mol. The zero-order valence-corrected chi connectivity index (χ0v) is 9.94. The number of hydrogen-bond acceptors (Lipinski definition) is 3. The molecule has 0 bridgehead atoms. The molecule has 1 saturated heterocycles. The topological polar surface area (TPSA) is 58.4 Å². The van der Waals surface area contributed by atoms with Crippen molar-refractivity contribution in [2.75, 3.05) is 18.1 Å². The third-order valence-corrected chi connectivity index (χ3v) is 3.04. The molecular formula is C9H12BrN3O2. The number of amides is 1. The second kappa shape index (κ2) is 3.94. The number of carbonyl (C=O) groups excluding carboxylic acids is 1. The second-order valence-electron chi connectivity index (χ2n) is 3.73. The Kier molecular flexibility index (Phi) is 2.79.